The van der Waals surface area contributed by atoms with Crippen LogP contribution in [-0.4, -0.2) is 40.4 Å². The fraction of sp³-hybridized carbons (Fsp3) is 0.200. The van der Waals surface area contributed by atoms with E-state index >= 15 is 0 Å². The van der Waals surface area contributed by atoms with Crippen molar-refractivity contribution >= 4 is 23.8 Å². The smallest absolute Gasteiger partial charge is 0.284 e. The van der Waals surface area contributed by atoms with E-state index in [1.807, 2.05) is 54.6 Å². The monoisotopic (exact) mass is 394 g/mol. The lowest BCUT2D eigenvalue weighted by atomic mass is 10.0. The van der Waals surface area contributed by atoms with Crippen molar-refractivity contribution in [3.05, 3.63) is 70.9 Å². The molecule has 1 atom stereocenters. The standard InChI is InChI=1S/C20H18N4O3S/c1-26-23-16-11-17(18-21-22-20(28)27-18)24(12-16)19(25)15-9-7-14(8-10-15)13-5-3-2-4-6-13/h2-10,17H,11-12H2,1H3,(H,22,28)/b23-16-/t17-/m0/s1. The number of H-pyrrole nitrogens is 1. The van der Waals surface area contributed by atoms with Crippen LogP contribution in [0.1, 0.15) is 28.7 Å². The number of nitrogens with zero attached hydrogens (tertiary/aromatic N) is 3. The third kappa shape index (κ3) is 3.59. The summed E-state index contributed by atoms with van der Waals surface area (Å²) in [7, 11) is 1.48. The lowest BCUT2D eigenvalue weighted by molar-refractivity contribution is 0.0718. The first-order valence-electron chi connectivity index (χ1n) is 8.76. The van der Waals surface area contributed by atoms with Gasteiger partial charge in [-0.15, -0.1) is 5.10 Å². The van der Waals surface area contributed by atoms with Gasteiger partial charge in [0.05, 0.1) is 12.3 Å². The fourth-order valence-electron chi connectivity index (χ4n) is 3.32. The maximum Gasteiger partial charge on any atom is 0.284 e. The normalized spacial score (nSPS) is 17.8. The molecule has 1 aliphatic rings. The van der Waals surface area contributed by atoms with Gasteiger partial charge in [-0.3, -0.25) is 4.79 Å². The Hall–Kier alpha value is -3.26. The highest BCUT2D eigenvalue weighted by molar-refractivity contribution is 7.71. The Bertz CT molecular complexity index is 1060. The average molecular weight is 394 g/mol. The van der Waals surface area contributed by atoms with Crippen molar-refractivity contribution in [2.75, 3.05) is 13.7 Å². The predicted molar refractivity (Wildman–Crippen MR) is 106 cm³/mol. The number of carbonyl (C=O) groups excluding carboxylic acids is 1. The van der Waals surface area contributed by atoms with Crippen LogP contribution in [0.25, 0.3) is 11.1 Å². The van der Waals surface area contributed by atoms with Crippen LogP contribution in [0, 0.1) is 4.84 Å². The number of aromatic nitrogens is 2. The maximum absolute atomic E-state index is 13.2. The summed E-state index contributed by atoms with van der Waals surface area (Å²) < 4.78 is 5.45. The first kappa shape index (κ1) is 18.1. The largest absolute Gasteiger partial charge is 0.412 e. The number of hydrogen-bond acceptors (Lipinski definition) is 6. The van der Waals surface area contributed by atoms with Gasteiger partial charge < -0.3 is 14.2 Å². The first-order chi connectivity index (χ1) is 13.7. The second-order valence-electron chi connectivity index (χ2n) is 6.39. The molecule has 3 aromatic rings. The average Bonchev–Trinajstić information content (AvgIpc) is 3.35. The molecule has 2 heterocycles. The third-order valence-electron chi connectivity index (χ3n) is 4.62. The summed E-state index contributed by atoms with van der Waals surface area (Å²) in [5.74, 6) is 0.232. The molecule has 142 valence electrons. The van der Waals surface area contributed by atoms with Crippen LogP contribution in [0.4, 0.5) is 0 Å². The molecule has 8 heteroatoms. The third-order valence-corrected chi connectivity index (χ3v) is 4.79. The van der Waals surface area contributed by atoms with Crippen LogP contribution in [0.3, 0.4) is 0 Å². The summed E-state index contributed by atoms with van der Waals surface area (Å²) in [6, 6.07) is 17.2. The molecule has 1 aliphatic heterocycles. The molecular weight excluding hydrogens is 376 g/mol. The number of likely N-dealkylation sites (tertiary alicyclic amines) is 1. The highest BCUT2D eigenvalue weighted by Gasteiger charge is 2.37. The summed E-state index contributed by atoms with van der Waals surface area (Å²) in [5, 5.41) is 10.7. The Morgan fingerprint density at radius 2 is 1.93 bits per heavy atom. The highest BCUT2D eigenvalue weighted by atomic mass is 32.1. The Balaban J connectivity index is 1.61. The number of carbonyl (C=O) groups is 1. The highest BCUT2D eigenvalue weighted by Crippen LogP contribution is 2.31. The minimum absolute atomic E-state index is 0.130. The molecule has 1 saturated heterocycles. The summed E-state index contributed by atoms with van der Waals surface area (Å²) >= 11 is 4.96. The molecule has 1 aromatic heterocycles. The molecule has 0 unspecified atom stereocenters. The van der Waals surface area contributed by atoms with E-state index < -0.39 is 0 Å². The van der Waals surface area contributed by atoms with Crippen LogP contribution in [0.5, 0.6) is 0 Å². The number of aromatic amines is 1. The predicted octanol–water partition coefficient (Wildman–Crippen LogP) is 3.99. The lowest BCUT2D eigenvalue weighted by Gasteiger charge is -2.21. The minimum Gasteiger partial charge on any atom is -0.412 e. The van der Waals surface area contributed by atoms with Gasteiger partial charge in [0.15, 0.2) is 0 Å². The van der Waals surface area contributed by atoms with Crippen molar-refractivity contribution in [1.29, 1.82) is 0 Å². The van der Waals surface area contributed by atoms with Gasteiger partial charge in [0, 0.05) is 12.0 Å². The first-order valence-corrected chi connectivity index (χ1v) is 9.17. The van der Waals surface area contributed by atoms with Crippen LogP contribution in [0.15, 0.2) is 64.2 Å². The fourth-order valence-corrected chi connectivity index (χ4v) is 3.45. The molecule has 0 spiro atoms. The zero-order valence-electron chi connectivity index (χ0n) is 15.2. The van der Waals surface area contributed by atoms with Crippen LogP contribution in [0.2, 0.25) is 0 Å². The zero-order valence-corrected chi connectivity index (χ0v) is 16.0. The summed E-state index contributed by atoms with van der Waals surface area (Å²) in [6.07, 6.45) is 0.477. The lowest BCUT2D eigenvalue weighted by Crippen LogP contribution is -2.31. The van der Waals surface area contributed by atoms with E-state index in [4.69, 9.17) is 21.5 Å². The minimum atomic E-state index is -0.386. The van der Waals surface area contributed by atoms with Gasteiger partial charge in [-0.05, 0) is 35.5 Å². The van der Waals surface area contributed by atoms with Crippen LogP contribution < -0.4 is 0 Å². The maximum atomic E-state index is 13.2. The molecular formula is C20H18N4O3S. The summed E-state index contributed by atoms with van der Waals surface area (Å²) in [6.45, 7) is 0.340. The molecule has 1 fully saturated rings. The SMILES string of the molecule is CO/N=C1/C[C@@H](c2n[nH]c(=S)o2)N(C(=O)c2ccc(-c3ccccc3)cc2)C1. The van der Waals surface area contributed by atoms with E-state index in [0.29, 0.717) is 24.4 Å². The molecule has 1 amide bonds. The Kier molecular flexibility index (Phi) is 5.03. The Labute approximate surface area is 166 Å². The van der Waals surface area contributed by atoms with Gasteiger partial charge in [0.25, 0.3) is 10.7 Å². The van der Waals surface area contributed by atoms with Gasteiger partial charge in [0.2, 0.25) is 5.89 Å². The van der Waals surface area contributed by atoms with Gasteiger partial charge in [0.1, 0.15) is 13.2 Å². The number of benzene rings is 2. The van der Waals surface area contributed by atoms with Gasteiger partial charge in [-0.25, -0.2) is 5.10 Å². The van der Waals surface area contributed by atoms with E-state index in [-0.39, 0.29) is 16.8 Å². The van der Waals surface area contributed by atoms with Crippen molar-refractivity contribution < 1.29 is 14.0 Å². The van der Waals surface area contributed by atoms with E-state index in [2.05, 4.69) is 15.4 Å². The van der Waals surface area contributed by atoms with Crippen molar-refractivity contribution in [3.63, 3.8) is 0 Å². The topological polar surface area (TPSA) is 83.7 Å². The van der Waals surface area contributed by atoms with Crippen molar-refractivity contribution in [1.82, 2.24) is 15.1 Å². The summed E-state index contributed by atoms with van der Waals surface area (Å²) in [5.41, 5.74) is 3.47. The molecule has 7 nitrogen and oxygen atoms in total. The van der Waals surface area contributed by atoms with Gasteiger partial charge >= 0.3 is 0 Å². The number of hydrogen-bond donors (Lipinski definition) is 1. The van der Waals surface area contributed by atoms with Crippen molar-refractivity contribution in [2.24, 2.45) is 5.16 Å². The molecule has 0 radical (unpaired) electrons. The second kappa shape index (κ2) is 7.77. The quantitative estimate of drug-likeness (QED) is 0.534. The van der Waals surface area contributed by atoms with Crippen LogP contribution in [-0.2, 0) is 4.84 Å². The summed E-state index contributed by atoms with van der Waals surface area (Å²) in [4.78, 5) is 19.9. The van der Waals surface area contributed by atoms with E-state index in [1.54, 1.807) is 4.90 Å². The number of rotatable bonds is 4. The molecule has 28 heavy (non-hydrogen) atoms. The second-order valence-corrected chi connectivity index (χ2v) is 6.76. The molecule has 4 rings (SSSR count). The number of nitrogens with one attached hydrogen (secondary N) is 1. The Morgan fingerprint density at radius 3 is 2.57 bits per heavy atom. The molecule has 2 aromatic carbocycles. The molecule has 0 bridgehead atoms. The van der Waals surface area contributed by atoms with E-state index in [0.717, 1.165) is 16.8 Å². The van der Waals surface area contributed by atoms with Crippen molar-refractivity contribution in [2.45, 2.75) is 12.5 Å². The molecule has 0 aliphatic carbocycles. The number of oxime groups is 1. The molecule has 1 N–H and O–H groups in total. The molecule has 0 saturated carbocycles. The van der Waals surface area contributed by atoms with Gasteiger partial charge in [-0.1, -0.05) is 47.6 Å². The van der Waals surface area contributed by atoms with Gasteiger partial charge in [-0.2, -0.15) is 0 Å². The Morgan fingerprint density at radius 1 is 1.21 bits per heavy atom. The van der Waals surface area contributed by atoms with Crippen LogP contribution >= 0.6 is 12.2 Å². The van der Waals surface area contributed by atoms with Crippen molar-refractivity contribution in [3.8, 4) is 11.1 Å². The van der Waals surface area contributed by atoms with E-state index in [1.165, 1.54) is 7.11 Å². The zero-order chi connectivity index (χ0) is 19.5. The number of amides is 1. The van der Waals surface area contributed by atoms with E-state index in [9.17, 15) is 4.79 Å².